The number of para-hydroxylation sites is 12. The van der Waals surface area contributed by atoms with Crippen molar-refractivity contribution < 1.29 is 18.3 Å². The van der Waals surface area contributed by atoms with Gasteiger partial charge in [-0.05, 0) is 207 Å². The molecular formula is C102H118N12O4Si2. The zero-order chi connectivity index (χ0) is 83.6. The van der Waals surface area contributed by atoms with Crippen LogP contribution in [0.2, 0.25) is 36.3 Å². The molecule has 618 valence electrons. The van der Waals surface area contributed by atoms with Crippen molar-refractivity contribution in [3.05, 3.63) is 238 Å². The summed E-state index contributed by atoms with van der Waals surface area (Å²) in [6.45, 7) is 26.1. The summed E-state index contributed by atoms with van der Waals surface area (Å²) in [5.41, 5.74) is 17.9. The Balaban J connectivity index is 0.662. The largest absolute Gasteiger partial charge is 0.476 e. The molecule has 6 aromatic heterocycles. The SMILES string of the molecule is CC(C)(C)[Si](C)(C)OCCCCCCCCCCCCOc1nc2ccccc2nc1/C=C/c1nc2ccccc2nc1/C=C/c1nc2ccccc2nc1/C=C/c1ccc(/C=C/c2nc3ccccc3nc2/C=C/c2nc3ccccc3nc2/C=C/c2nc3ccccc3nc2OCCCCCCCCCCCCO[Si](C)(C)C(C)(C)C)cc1. The van der Waals surface area contributed by atoms with Gasteiger partial charge in [0.1, 0.15) is 11.4 Å². The predicted octanol–water partition coefficient (Wildman–Crippen LogP) is 27.0. The first-order chi connectivity index (χ1) is 58.3. The summed E-state index contributed by atoms with van der Waals surface area (Å²) in [6, 6.07) is 55.9. The molecule has 0 aliphatic heterocycles. The first-order valence-electron chi connectivity index (χ1n) is 43.6. The Morgan fingerprint density at radius 2 is 0.375 bits per heavy atom. The fourth-order valence-electron chi connectivity index (χ4n) is 13.9. The maximum Gasteiger partial charge on any atom is 0.240 e. The molecule has 120 heavy (non-hydrogen) atoms. The zero-order valence-corrected chi connectivity index (χ0v) is 74.1. The molecule has 16 nitrogen and oxygen atoms in total. The van der Waals surface area contributed by atoms with Crippen molar-refractivity contribution in [1.29, 1.82) is 0 Å². The average Bonchev–Trinajstić information content (AvgIpc) is 0.801. The number of nitrogens with zero attached hydrogens (tertiary/aromatic N) is 12. The fourth-order valence-corrected chi connectivity index (χ4v) is 16.1. The van der Waals surface area contributed by atoms with E-state index >= 15 is 0 Å². The quantitative estimate of drug-likeness (QED) is 0.0259. The Kier molecular flexibility index (Phi) is 30.6. The minimum absolute atomic E-state index is 0.264. The van der Waals surface area contributed by atoms with Crippen LogP contribution in [-0.2, 0) is 8.85 Å². The van der Waals surface area contributed by atoms with Gasteiger partial charge in [-0.25, -0.2) is 59.8 Å². The molecule has 0 aliphatic carbocycles. The van der Waals surface area contributed by atoms with Crippen LogP contribution in [0, 0.1) is 0 Å². The summed E-state index contributed by atoms with van der Waals surface area (Å²) in [7, 11) is -3.32. The lowest BCUT2D eigenvalue weighted by Gasteiger charge is -2.36. The normalized spacial score (nSPS) is 12.8. The van der Waals surface area contributed by atoms with Gasteiger partial charge in [0.2, 0.25) is 11.8 Å². The van der Waals surface area contributed by atoms with Gasteiger partial charge in [-0.15, -0.1) is 0 Å². The standard InChI is InChI=1S/C102H118N12O4Si2/c1-101(2,3)119(7,8)117-73-41-25-21-17-13-11-15-19-23-39-71-115-99-97(111-85-51-35-37-53-87(85)113-99)69-67-95-93(107-81-47-31-33-49-83(81)109-95)65-63-91-89(103-77-43-27-29-45-79(77)105-91)61-59-75-55-57-76(58-56-75)60-62-90-92(106-80-46-30-28-44-78(80)104-90)64-66-94-96(110-84-50-34-32-48-82(84)108-94)68-70-98-100(114-88-54-38-36-52-86(88)112-98)116-72-40-24-20-16-12-14-18-22-26-42-74-118-120(9,10)102(4,5)6/h27-38,43-70H,11-26,39-42,71-74H2,1-10H3/b61-59+,62-60+,65-63+,66-64+,69-67+,70-68+. The molecule has 0 radical (unpaired) electrons. The molecular weight excluding hydrogens is 1510 g/mol. The van der Waals surface area contributed by atoms with E-state index in [1.165, 1.54) is 89.9 Å². The number of benzene rings is 7. The molecule has 0 spiro atoms. The van der Waals surface area contributed by atoms with Crippen molar-refractivity contribution >= 4 is 156 Å². The van der Waals surface area contributed by atoms with E-state index in [4.69, 9.17) is 78.1 Å². The molecule has 0 amide bonds. The van der Waals surface area contributed by atoms with Crippen molar-refractivity contribution in [3.8, 4) is 11.8 Å². The molecule has 0 atom stereocenters. The van der Waals surface area contributed by atoms with Gasteiger partial charge < -0.3 is 18.3 Å². The van der Waals surface area contributed by atoms with E-state index in [0.29, 0.717) is 81.9 Å². The number of hydrogen-bond donors (Lipinski definition) is 0. The minimum Gasteiger partial charge on any atom is -0.476 e. The number of ether oxygens (including phenoxy) is 2. The molecule has 0 saturated carbocycles. The van der Waals surface area contributed by atoms with Gasteiger partial charge in [0, 0.05) is 13.2 Å². The third-order valence-corrected chi connectivity index (χ3v) is 32.2. The first-order valence-corrected chi connectivity index (χ1v) is 49.4. The van der Waals surface area contributed by atoms with E-state index in [2.05, 4.69) is 104 Å². The van der Waals surface area contributed by atoms with Crippen molar-refractivity contribution in [1.82, 2.24) is 59.8 Å². The van der Waals surface area contributed by atoms with Gasteiger partial charge in [0.25, 0.3) is 0 Å². The summed E-state index contributed by atoms with van der Waals surface area (Å²) in [5, 5.41) is 0.527. The third kappa shape index (κ3) is 24.6. The first kappa shape index (κ1) is 86.8. The third-order valence-electron chi connectivity index (χ3n) is 23.1. The van der Waals surface area contributed by atoms with Gasteiger partial charge in [0.15, 0.2) is 16.6 Å². The molecule has 7 aromatic carbocycles. The van der Waals surface area contributed by atoms with Crippen LogP contribution in [-0.4, -0.2) is 103 Å². The highest BCUT2D eigenvalue weighted by molar-refractivity contribution is 6.74. The number of fused-ring (bicyclic) bond motifs is 6. The van der Waals surface area contributed by atoms with Crippen LogP contribution in [0.4, 0.5) is 0 Å². The summed E-state index contributed by atoms with van der Waals surface area (Å²) < 4.78 is 25.7. The van der Waals surface area contributed by atoms with E-state index in [1.807, 2.05) is 206 Å². The fraction of sp³-hybridized carbons (Fsp3) is 0.353. The van der Waals surface area contributed by atoms with Gasteiger partial charge in [-0.1, -0.05) is 253 Å². The minimum atomic E-state index is -1.66. The lowest BCUT2D eigenvalue weighted by atomic mass is 10.1. The van der Waals surface area contributed by atoms with Crippen LogP contribution < -0.4 is 9.47 Å². The highest BCUT2D eigenvalue weighted by Gasteiger charge is 2.38. The molecule has 13 aromatic rings. The maximum absolute atomic E-state index is 6.48. The molecule has 0 N–H and O–H groups in total. The van der Waals surface area contributed by atoms with Gasteiger partial charge in [-0.2, -0.15) is 0 Å². The average molecular weight is 1630 g/mol. The van der Waals surface area contributed by atoms with Crippen LogP contribution in [0.5, 0.6) is 11.8 Å². The maximum atomic E-state index is 6.48. The Labute approximate surface area is 711 Å². The van der Waals surface area contributed by atoms with Crippen molar-refractivity contribution in [2.45, 2.75) is 206 Å². The number of hydrogen-bond acceptors (Lipinski definition) is 16. The molecule has 0 unspecified atom stereocenters. The van der Waals surface area contributed by atoms with Crippen molar-refractivity contribution in [3.63, 3.8) is 0 Å². The van der Waals surface area contributed by atoms with Crippen LogP contribution in [0.25, 0.3) is 139 Å². The van der Waals surface area contributed by atoms with E-state index in [1.54, 1.807) is 0 Å². The molecule has 18 heteroatoms. The van der Waals surface area contributed by atoms with Crippen LogP contribution in [0.15, 0.2) is 170 Å². The van der Waals surface area contributed by atoms with E-state index in [-0.39, 0.29) is 10.1 Å². The van der Waals surface area contributed by atoms with Crippen LogP contribution >= 0.6 is 0 Å². The Morgan fingerprint density at radius 3 is 0.583 bits per heavy atom. The summed E-state index contributed by atoms with van der Waals surface area (Å²) in [5.74, 6) is 0.991. The summed E-state index contributed by atoms with van der Waals surface area (Å²) >= 11 is 0. The van der Waals surface area contributed by atoms with Gasteiger partial charge >= 0.3 is 0 Å². The van der Waals surface area contributed by atoms with E-state index < -0.39 is 16.6 Å². The van der Waals surface area contributed by atoms with Crippen molar-refractivity contribution in [2.24, 2.45) is 0 Å². The van der Waals surface area contributed by atoms with E-state index in [0.717, 1.165) is 129 Å². The Bertz CT molecular complexity index is 5440. The van der Waals surface area contributed by atoms with Crippen LogP contribution in [0.1, 0.15) is 238 Å². The number of aromatic nitrogens is 12. The lowest BCUT2D eigenvalue weighted by Crippen LogP contribution is -2.40. The second-order valence-electron chi connectivity index (χ2n) is 34.4. The summed E-state index contributed by atoms with van der Waals surface area (Å²) in [6.07, 6.45) is 47.9. The monoisotopic (exact) mass is 1630 g/mol. The zero-order valence-electron chi connectivity index (χ0n) is 72.1. The smallest absolute Gasteiger partial charge is 0.240 e. The molecule has 0 fully saturated rings. The second kappa shape index (κ2) is 42.3. The van der Waals surface area contributed by atoms with Crippen molar-refractivity contribution in [2.75, 3.05) is 26.4 Å². The number of unbranched alkanes of at least 4 members (excludes halogenated alkanes) is 18. The van der Waals surface area contributed by atoms with Gasteiger partial charge in [0.05, 0.1) is 125 Å². The van der Waals surface area contributed by atoms with E-state index in [9.17, 15) is 0 Å². The number of rotatable bonds is 42. The Morgan fingerprint density at radius 1 is 0.208 bits per heavy atom. The van der Waals surface area contributed by atoms with Gasteiger partial charge in [-0.3, -0.25) is 0 Å². The Hall–Kier alpha value is -11.0. The highest BCUT2D eigenvalue weighted by Crippen LogP contribution is 2.38. The molecule has 0 aliphatic rings. The second-order valence-corrected chi connectivity index (χ2v) is 44.0. The molecule has 0 bridgehead atoms. The molecule has 13 rings (SSSR count). The topological polar surface area (TPSA) is 192 Å². The molecule has 6 heterocycles. The summed E-state index contributed by atoms with van der Waals surface area (Å²) in [4.78, 5) is 61.4. The lowest BCUT2D eigenvalue weighted by molar-refractivity contribution is 0.277. The van der Waals surface area contributed by atoms with Crippen LogP contribution in [0.3, 0.4) is 0 Å². The predicted molar refractivity (Wildman–Crippen MR) is 507 cm³/mol. The molecule has 0 saturated heterocycles. The highest BCUT2D eigenvalue weighted by atomic mass is 28.4.